The molecule has 84 valence electrons. The van der Waals surface area contributed by atoms with Crippen molar-refractivity contribution in [2.75, 3.05) is 6.54 Å². The van der Waals surface area contributed by atoms with Crippen LogP contribution in [0.25, 0.3) is 0 Å². The Morgan fingerprint density at radius 3 is 2.36 bits per heavy atom. The zero-order valence-electron chi connectivity index (χ0n) is 8.28. The van der Waals surface area contributed by atoms with Crippen molar-refractivity contribution >= 4 is 16.2 Å². The second kappa shape index (κ2) is 5.94. The molecule has 14 heavy (non-hydrogen) atoms. The summed E-state index contributed by atoms with van der Waals surface area (Å²) in [5.74, 6) is -1.16. The fourth-order valence-corrected chi connectivity index (χ4v) is 2.00. The Balaban J connectivity index is 4.36. The van der Waals surface area contributed by atoms with E-state index in [0.29, 0.717) is 6.42 Å². The Bertz CT molecular complexity index is 275. The van der Waals surface area contributed by atoms with Gasteiger partial charge in [-0.05, 0) is 6.42 Å². The van der Waals surface area contributed by atoms with Crippen molar-refractivity contribution in [3.8, 4) is 0 Å². The van der Waals surface area contributed by atoms with Crippen LogP contribution in [-0.4, -0.2) is 32.1 Å². The van der Waals surface area contributed by atoms with Gasteiger partial charge in [0, 0.05) is 6.54 Å². The average molecular weight is 224 g/mol. The fraction of sp³-hybridized carbons (Fsp3) is 0.857. The van der Waals surface area contributed by atoms with E-state index < -0.39 is 22.2 Å². The molecule has 6 nitrogen and oxygen atoms in total. The number of carboxylic acids is 1. The number of aliphatic carboxylic acids is 1. The van der Waals surface area contributed by atoms with Crippen LogP contribution in [-0.2, 0) is 15.0 Å². The lowest BCUT2D eigenvalue weighted by Crippen LogP contribution is -2.46. The lowest BCUT2D eigenvalue weighted by Gasteiger charge is -2.13. The Morgan fingerprint density at radius 2 is 2.00 bits per heavy atom. The van der Waals surface area contributed by atoms with Crippen LogP contribution < -0.4 is 9.44 Å². The highest BCUT2D eigenvalue weighted by Crippen LogP contribution is 1.98. The molecule has 0 bridgehead atoms. The van der Waals surface area contributed by atoms with Crippen molar-refractivity contribution in [3.05, 3.63) is 0 Å². The molecule has 0 saturated heterocycles. The zero-order chi connectivity index (χ0) is 11.2. The standard InChI is InChI=1S/C7H16N2O4S/c1-3-5-6(7(10)11)9-14(12,13)8-4-2/h6,8-9H,3-5H2,1-2H3,(H,10,11)/t6-/m1/s1. The van der Waals surface area contributed by atoms with E-state index in [-0.39, 0.29) is 13.0 Å². The second-order valence-corrected chi connectivity index (χ2v) is 4.33. The lowest BCUT2D eigenvalue weighted by molar-refractivity contribution is -0.139. The van der Waals surface area contributed by atoms with Crippen LogP contribution in [0.2, 0.25) is 0 Å². The van der Waals surface area contributed by atoms with Gasteiger partial charge in [0.15, 0.2) is 0 Å². The van der Waals surface area contributed by atoms with E-state index in [0.717, 1.165) is 0 Å². The lowest BCUT2D eigenvalue weighted by atomic mass is 10.2. The van der Waals surface area contributed by atoms with Gasteiger partial charge >= 0.3 is 5.97 Å². The summed E-state index contributed by atoms with van der Waals surface area (Å²) in [7, 11) is -3.68. The van der Waals surface area contributed by atoms with E-state index in [9.17, 15) is 13.2 Å². The van der Waals surface area contributed by atoms with Crippen molar-refractivity contribution in [3.63, 3.8) is 0 Å². The van der Waals surface area contributed by atoms with Crippen LogP contribution in [0.3, 0.4) is 0 Å². The third kappa shape index (κ3) is 5.15. The number of carbonyl (C=O) groups is 1. The molecule has 1 atom stereocenters. The third-order valence-electron chi connectivity index (χ3n) is 1.51. The number of hydrogen-bond donors (Lipinski definition) is 3. The van der Waals surface area contributed by atoms with Gasteiger partial charge in [0.2, 0.25) is 0 Å². The van der Waals surface area contributed by atoms with Crippen LogP contribution >= 0.6 is 0 Å². The maximum absolute atomic E-state index is 11.1. The molecule has 0 unspecified atom stereocenters. The largest absolute Gasteiger partial charge is 0.480 e. The molecular weight excluding hydrogens is 208 g/mol. The number of carboxylic acid groups (broad SMARTS) is 1. The molecule has 0 heterocycles. The molecule has 0 aromatic carbocycles. The molecular formula is C7H16N2O4S. The van der Waals surface area contributed by atoms with Gasteiger partial charge in [0.05, 0.1) is 0 Å². The number of nitrogens with one attached hydrogen (secondary N) is 2. The van der Waals surface area contributed by atoms with Crippen LogP contribution in [0.4, 0.5) is 0 Å². The quantitative estimate of drug-likeness (QED) is 0.552. The molecule has 0 aromatic heterocycles. The van der Waals surface area contributed by atoms with Crippen LogP contribution in [0.15, 0.2) is 0 Å². The van der Waals surface area contributed by atoms with Gasteiger partial charge in [0.25, 0.3) is 10.2 Å². The first-order valence-electron chi connectivity index (χ1n) is 4.42. The summed E-state index contributed by atoms with van der Waals surface area (Å²) in [6.07, 6.45) is 0.881. The molecule has 0 rings (SSSR count). The summed E-state index contributed by atoms with van der Waals surface area (Å²) in [4.78, 5) is 10.6. The van der Waals surface area contributed by atoms with Crippen molar-refractivity contribution in [2.45, 2.75) is 32.7 Å². The minimum Gasteiger partial charge on any atom is -0.480 e. The predicted molar refractivity (Wildman–Crippen MR) is 52.1 cm³/mol. The van der Waals surface area contributed by atoms with Gasteiger partial charge in [-0.3, -0.25) is 4.79 Å². The normalized spacial score (nSPS) is 13.9. The number of rotatable bonds is 7. The summed E-state index contributed by atoms with van der Waals surface area (Å²) in [5.41, 5.74) is 0. The van der Waals surface area contributed by atoms with Crippen molar-refractivity contribution < 1.29 is 18.3 Å². The third-order valence-corrected chi connectivity index (χ3v) is 2.77. The van der Waals surface area contributed by atoms with E-state index in [2.05, 4.69) is 9.44 Å². The van der Waals surface area contributed by atoms with E-state index >= 15 is 0 Å². The molecule has 0 aliphatic rings. The summed E-state index contributed by atoms with van der Waals surface area (Å²) >= 11 is 0. The van der Waals surface area contributed by atoms with Gasteiger partial charge in [0.1, 0.15) is 6.04 Å². The van der Waals surface area contributed by atoms with Gasteiger partial charge in [-0.1, -0.05) is 20.3 Å². The topological polar surface area (TPSA) is 95.5 Å². The maximum atomic E-state index is 11.1. The van der Waals surface area contributed by atoms with E-state index in [4.69, 9.17) is 5.11 Å². The van der Waals surface area contributed by atoms with E-state index in [1.54, 1.807) is 13.8 Å². The summed E-state index contributed by atoms with van der Waals surface area (Å²) in [6, 6.07) is -1.05. The minimum absolute atomic E-state index is 0.230. The molecule has 0 radical (unpaired) electrons. The summed E-state index contributed by atoms with van der Waals surface area (Å²) in [5, 5.41) is 8.68. The Kier molecular flexibility index (Phi) is 5.66. The van der Waals surface area contributed by atoms with E-state index in [1.807, 2.05) is 0 Å². The van der Waals surface area contributed by atoms with Gasteiger partial charge < -0.3 is 5.11 Å². The van der Waals surface area contributed by atoms with Crippen molar-refractivity contribution in [2.24, 2.45) is 0 Å². The van der Waals surface area contributed by atoms with Crippen LogP contribution in [0.5, 0.6) is 0 Å². The molecule has 0 fully saturated rings. The maximum Gasteiger partial charge on any atom is 0.321 e. The van der Waals surface area contributed by atoms with Crippen molar-refractivity contribution in [1.82, 2.24) is 9.44 Å². The second-order valence-electron chi connectivity index (χ2n) is 2.80. The first-order chi connectivity index (χ1) is 6.43. The molecule has 3 N–H and O–H groups in total. The molecule has 0 aromatic rings. The Hall–Kier alpha value is -0.660. The Morgan fingerprint density at radius 1 is 1.43 bits per heavy atom. The SMILES string of the molecule is CCC[C@@H](NS(=O)(=O)NCC)C(=O)O. The highest BCUT2D eigenvalue weighted by Gasteiger charge is 2.21. The fourth-order valence-electron chi connectivity index (χ4n) is 0.940. The molecule has 0 spiro atoms. The van der Waals surface area contributed by atoms with Crippen molar-refractivity contribution in [1.29, 1.82) is 0 Å². The first-order valence-corrected chi connectivity index (χ1v) is 5.91. The first kappa shape index (κ1) is 13.3. The summed E-state index contributed by atoms with van der Waals surface area (Å²) in [6.45, 7) is 3.64. The van der Waals surface area contributed by atoms with Crippen LogP contribution in [0.1, 0.15) is 26.7 Å². The predicted octanol–water partition coefficient (Wildman–Crippen LogP) is -0.316. The minimum atomic E-state index is -3.68. The monoisotopic (exact) mass is 224 g/mol. The highest BCUT2D eigenvalue weighted by atomic mass is 32.2. The highest BCUT2D eigenvalue weighted by molar-refractivity contribution is 7.87. The van der Waals surface area contributed by atoms with Crippen LogP contribution in [0, 0.1) is 0 Å². The van der Waals surface area contributed by atoms with Gasteiger partial charge in [-0.25, -0.2) is 4.72 Å². The van der Waals surface area contributed by atoms with E-state index in [1.165, 1.54) is 0 Å². The van der Waals surface area contributed by atoms with Gasteiger partial charge in [-0.15, -0.1) is 0 Å². The smallest absolute Gasteiger partial charge is 0.321 e. The molecule has 0 aliphatic carbocycles. The number of hydrogen-bond acceptors (Lipinski definition) is 3. The van der Waals surface area contributed by atoms with Gasteiger partial charge in [-0.2, -0.15) is 13.1 Å². The zero-order valence-corrected chi connectivity index (χ0v) is 9.10. The molecule has 0 aliphatic heterocycles. The molecule has 7 heteroatoms. The molecule has 0 saturated carbocycles. The summed E-state index contributed by atoms with van der Waals surface area (Å²) < 4.78 is 26.5. The molecule has 0 amide bonds. The Labute approximate surface area is 83.9 Å². The average Bonchev–Trinajstić information content (AvgIpc) is 2.02.